The molecule has 1 amide bonds. The molecule has 1 fully saturated rings. The number of nitrogens with zero attached hydrogens (tertiary/aromatic N) is 3. The van der Waals surface area contributed by atoms with E-state index in [1.807, 2.05) is 30.6 Å². The fraction of sp³-hybridized carbons (Fsp3) is 0.364. The Morgan fingerprint density at radius 2 is 1.90 bits per heavy atom. The summed E-state index contributed by atoms with van der Waals surface area (Å²) in [7, 11) is 0. The van der Waals surface area contributed by atoms with Crippen molar-refractivity contribution in [3.63, 3.8) is 0 Å². The lowest BCUT2D eigenvalue weighted by atomic mass is 9.95. The Kier molecular flexibility index (Phi) is 6.13. The molecule has 29 heavy (non-hydrogen) atoms. The number of rotatable bonds is 5. The van der Waals surface area contributed by atoms with Gasteiger partial charge >= 0.3 is 0 Å². The van der Waals surface area contributed by atoms with Crippen molar-refractivity contribution in [1.82, 2.24) is 9.88 Å². The minimum Gasteiger partial charge on any atom is -0.349 e. The first kappa shape index (κ1) is 20.3. The van der Waals surface area contributed by atoms with Crippen molar-refractivity contribution in [3.05, 3.63) is 63.0 Å². The van der Waals surface area contributed by atoms with E-state index in [2.05, 4.69) is 5.32 Å². The number of nitro benzene ring substituents is 1. The molecule has 0 radical (unpaired) electrons. The van der Waals surface area contributed by atoms with E-state index < -0.39 is 4.92 Å². The first-order valence-electron chi connectivity index (χ1n) is 9.77. The van der Waals surface area contributed by atoms with E-state index in [9.17, 15) is 20.2 Å². The van der Waals surface area contributed by atoms with Crippen molar-refractivity contribution in [3.8, 4) is 11.8 Å². The van der Waals surface area contributed by atoms with Crippen LogP contribution in [0.15, 0.2) is 35.9 Å². The molecule has 0 saturated heterocycles. The van der Waals surface area contributed by atoms with Gasteiger partial charge in [0.05, 0.1) is 4.92 Å². The molecule has 0 bridgehead atoms. The molecule has 3 rings (SSSR count). The minimum atomic E-state index is -0.433. The standard InChI is InChI=1S/C22H24N4O3/c1-15-12-17(13-18(14-23)22(27)24-19-6-4-3-5-7-19)16(2)25(15)20-8-10-21(11-9-20)26(28)29/h8-13,19H,3-7H2,1-2H3,(H,24,27)/b18-13+. The van der Waals surface area contributed by atoms with Crippen LogP contribution in [0.1, 0.15) is 49.1 Å². The van der Waals surface area contributed by atoms with Gasteiger partial charge in [0, 0.05) is 35.2 Å². The SMILES string of the molecule is Cc1cc(/C=C(\C#N)C(=O)NC2CCCCC2)c(C)n1-c1ccc([N+](=O)[O-])cc1. The van der Waals surface area contributed by atoms with Gasteiger partial charge in [-0.15, -0.1) is 0 Å². The van der Waals surface area contributed by atoms with E-state index in [1.54, 1.807) is 18.2 Å². The molecule has 0 aliphatic heterocycles. The van der Waals surface area contributed by atoms with Gasteiger partial charge in [0.2, 0.25) is 0 Å². The van der Waals surface area contributed by atoms with E-state index >= 15 is 0 Å². The summed E-state index contributed by atoms with van der Waals surface area (Å²) < 4.78 is 1.95. The number of nitrogens with one attached hydrogen (secondary N) is 1. The molecule has 0 spiro atoms. The van der Waals surface area contributed by atoms with Crippen molar-refractivity contribution < 1.29 is 9.72 Å². The van der Waals surface area contributed by atoms with Gasteiger partial charge in [0.1, 0.15) is 11.6 Å². The van der Waals surface area contributed by atoms with Crippen LogP contribution in [-0.4, -0.2) is 21.4 Å². The Hall–Kier alpha value is -3.40. The van der Waals surface area contributed by atoms with E-state index in [0.29, 0.717) is 0 Å². The molecule has 1 N–H and O–H groups in total. The van der Waals surface area contributed by atoms with Gasteiger partial charge in [0.15, 0.2) is 0 Å². The van der Waals surface area contributed by atoms with Crippen LogP contribution in [0, 0.1) is 35.3 Å². The summed E-state index contributed by atoms with van der Waals surface area (Å²) in [6, 6.07) is 10.4. The molecule has 1 aromatic heterocycles. The Morgan fingerprint density at radius 1 is 1.24 bits per heavy atom. The smallest absolute Gasteiger partial charge is 0.269 e. The van der Waals surface area contributed by atoms with Crippen LogP contribution < -0.4 is 5.32 Å². The summed E-state index contributed by atoms with van der Waals surface area (Å²) in [6.45, 7) is 3.81. The lowest BCUT2D eigenvalue weighted by Crippen LogP contribution is -2.36. The van der Waals surface area contributed by atoms with Crippen LogP contribution in [0.5, 0.6) is 0 Å². The zero-order valence-corrected chi connectivity index (χ0v) is 16.6. The molecule has 1 aliphatic rings. The number of aryl methyl sites for hydroxylation is 1. The Labute approximate surface area is 169 Å². The molecule has 1 aliphatic carbocycles. The average Bonchev–Trinajstić information content (AvgIpc) is 2.99. The third-order valence-electron chi connectivity index (χ3n) is 5.39. The van der Waals surface area contributed by atoms with E-state index in [0.717, 1.165) is 48.3 Å². The molecule has 1 aromatic carbocycles. The van der Waals surface area contributed by atoms with Gasteiger partial charge in [-0.05, 0) is 56.5 Å². The summed E-state index contributed by atoms with van der Waals surface area (Å²) in [5, 5.41) is 23.4. The molecular formula is C22H24N4O3. The number of non-ortho nitro benzene ring substituents is 1. The quantitative estimate of drug-likeness (QED) is 0.353. The van der Waals surface area contributed by atoms with Gasteiger partial charge < -0.3 is 9.88 Å². The van der Waals surface area contributed by atoms with Crippen molar-refractivity contribution in [2.24, 2.45) is 0 Å². The summed E-state index contributed by atoms with van der Waals surface area (Å²) >= 11 is 0. The van der Waals surface area contributed by atoms with Gasteiger partial charge in [0.25, 0.3) is 11.6 Å². The highest BCUT2D eigenvalue weighted by atomic mass is 16.6. The number of carbonyl (C=O) groups is 1. The molecule has 0 atom stereocenters. The predicted octanol–water partition coefficient (Wildman–Crippen LogP) is 4.36. The normalized spacial score (nSPS) is 15.0. The van der Waals surface area contributed by atoms with Crippen molar-refractivity contribution in [2.45, 2.75) is 52.0 Å². The average molecular weight is 392 g/mol. The van der Waals surface area contributed by atoms with Gasteiger partial charge in [-0.25, -0.2) is 0 Å². The predicted molar refractivity (Wildman–Crippen MR) is 111 cm³/mol. The number of amides is 1. The molecular weight excluding hydrogens is 368 g/mol. The topological polar surface area (TPSA) is 101 Å². The second kappa shape index (κ2) is 8.74. The summed E-state index contributed by atoms with van der Waals surface area (Å²) in [5.41, 5.74) is 3.44. The number of hydrogen-bond acceptors (Lipinski definition) is 4. The van der Waals surface area contributed by atoms with Crippen LogP contribution >= 0.6 is 0 Å². The third-order valence-corrected chi connectivity index (χ3v) is 5.39. The molecule has 150 valence electrons. The zero-order chi connectivity index (χ0) is 21.0. The maximum absolute atomic E-state index is 12.5. The minimum absolute atomic E-state index is 0.0301. The lowest BCUT2D eigenvalue weighted by molar-refractivity contribution is -0.384. The Bertz CT molecular complexity index is 990. The maximum Gasteiger partial charge on any atom is 0.269 e. The second-order valence-electron chi connectivity index (χ2n) is 7.41. The van der Waals surface area contributed by atoms with E-state index in [4.69, 9.17) is 0 Å². The number of nitro groups is 1. The highest BCUT2D eigenvalue weighted by molar-refractivity contribution is 6.02. The number of carbonyl (C=O) groups excluding carboxylic acids is 1. The van der Waals surface area contributed by atoms with Gasteiger partial charge in [-0.3, -0.25) is 14.9 Å². The first-order valence-corrected chi connectivity index (χ1v) is 9.77. The highest BCUT2D eigenvalue weighted by Gasteiger charge is 2.19. The third kappa shape index (κ3) is 4.54. The van der Waals surface area contributed by atoms with E-state index in [-0.39, 0.29) is 23.2 Å². The number of nitriles is 1. The maximum atomic E-state index is 12.5. The van der Waals surface area contributed by atoms with Crippen molar-refractivity contribution in [1.29, 1.82) is 5.26 Å². The fourth-order valence-corrected chi connectivity index (χ4v) is 3.87. The monoisotopic (exact) mass is 392 g/mol. The van der Waals surface area contributed by atoms with Crippen LogP contribution in [0.2, 0.25) is 0 Å². The summed E-state index contributed by atoms with van der Waals surface area (Å²) in [6.07, 6.45) is 6.93. The molecule has 0 unspecified atom stereocenters. The number of benzene rings is 1. The lowest BCUT2D eigenvalue weighted by Gasteiger charge is -2.22. The van der Waals surface area contributed by atoms with Crippen LogP contribution in [0.3, 0.4) is 0 Å². The molecule has 1 heterocycles. The molecule has 7 nitrogen and oxygen atoms in total. The van der Waals surface area contributed by atoms with Crippen LogP contribution in [-0.2, 0) is 4.79 Å². The Morgan fingerprint density at radius 3 is 2.48 bits per heavy atom. The molecule has 1 saturated carbocycles. The Balaban J connectivity index is 1.86. The number of hydrogen-bond donors (Lipinski definition) is 1. The second-order valence-corrected chi connectivity index (χ2v) is 7.41. The summed E-state index contributed by atoms with van der Waals surface area (Å²) in [4.78, 5) is 23.0. The highest BCUT2D eigenvalue weighted by Crippen LogP contribution is 2.25. The fourth-order valence-electron chi connectivity index (χ4n) is 3.87. The van der Waals surface area contributed by atoms with Gasteiger partial charge in [-0.2, -0.15) is 5.26 Å². The summed E-state index contributed by atoms with van der Waals surface area (Å²) in [5.74, 6) is -0.334. The molecule has 7 heteroatoms. The molecule has 2 aromatic rings. The first-order chi connectivity index (χ1) is 13.9. The van der Waals surface area contributed by atoms with Crippen LogP contribution in [0.4, 0.5) is 5.69 Å². The van der Waals surface area contributed by atoms with E-state index in [1.165, 1.54) is 18.6 Å². The zero-order valence-electron chi connectivity index (χ0n) is 16.6. The van der Waals surface area contributed by atoms with Crippen molar-refractivity contribution >= 4 is 17.7 Å². The largest absolute Gasteiger partial charge is 0.349 e. The van der Waals surface area contributed by atoms with Gasteiger partial charge in [-0.1, -0.05) is 19.3 Å². The number of aromatic nitrogens is 1. The van der Waals surface area contributed by atoms with Crippen LogP contribution in [0.25, 0.3) is 11.8 Å². The van der Waals surface area contributed by atoms with Crippen molar-refractivity contribution in [2.75, 3.05) is 0 Å².